The summed E-state index contributed by atoms with van der Waals surface area (Å²) >= 11 is 0. The third-order valence-electron chi connectivity index (χ3n) is 2.42. The van der Waals surface area contributed by atoms with Gasteiger partial charge in [-0.2, -0.15) is 18.4 Å². The molecule has 0 N–H and O–H groups in total. The molecule has 0 aliphatic rings. The minimum atomic E-state index is -4.51. The molecule has 0 aliphatic carbocycles. The van der Waals surface area contributed by atoms with Crippen molar-refractivity contribution in [2.24, 2.45) is 0 Å². The Morgan fingerprint density at radius 3 is 2.28 bits per heavy atom. The predicted molar refractivity (Wildman–Crippen MR) is 59.4 cm³/mol. The molecule has 18 heavy (non-hydrogen) atoms. The lowest BCUT2D eigenvalue weighted by Gasteiger charge is -2.13. The molecule has 1 heterocycles. The topological polar surface area (TPSA) is 36.7 Å². The number of rotatable bonds is 1. The van der Waals surface area contributed by atoms with Crippen molar-refractivity contribution in [2.45, 2.75) is 6.18 Å². The van der Waals surface area contributed by atoms with Crippen LogP contribution >= 0.6 is 0 Å². The van der Waals surface area contributed by atoms with E-state index in [0.29, 0.717) is 5.56 Å². The van der Waals surface area contributed by atoms with E-state index >= 15 is 0 Å². The van der Waals surface area contributed by atoms with Crippen LogP contribution in [0.2, 0.25) is 0 Å². The van der Waals surface area contributed by atoms with Crippen molar-refractivity contribution in [3.63, 3.8) is 0 Å². The van der Waals surface area contributed by atoms with Crippen molar-refractivity contribution in [1.82, 2.24) is 4.98 Å². The van der Waals surface area contributed by atoms with Crippen LogP contribution < -0.4 is 0 Å². The average Bonchev–Trinajstić information content (AvgIpc) is 2.38. The second kappa shape index (κ2) is 4.49. The Bertz CT molecular complexity index is 598. The second-order valence-corrected chi connectivity index (χ2v) is 3.56. The quantitative estimate of drug-likeness (QED) is 0.772. The van der Waals surface area contributed by atoms with E-state index in [0.717, 1.165) is 12.3 Å². The summed E-state index contributed by atoms with van der Waals surface area (Å²) in [5.74, 6) is 0. The Labute approximate surface area is 101 Å². The zero-order chi connectivity index (χ0) is 13.2. The molecule has 5 heteroatoms. The Morgan fingerprint density at radius 2 is 1.72 bits per heavy atom. The van der Waals surface area contributed by atoms with E-state index in [1.54, 1.807) is 24.3 Å². The molecular weight excluding hydrogens is 241 g/mol. The number of benzene rings is 1. The van der Waals surface area contributed by atoms with Gasteiger partial charge in [-0.15, -0.1) is 0 Å². The van der Waals surface area contributed by atoms with E-state index in [-0.39, 0.29) is 11.3 Å². The molecule has 2 aromatic rings. The van der Waals surface area contributed by atoms with Crippen LogP contribution in [0.1, 0.15) is 11.3 Å². The van der Waals surface area contributed by atoms with Crippen LogP contribution in [-0.4, -0.2) is 4.98 Å². The summed E-state index contributed by atoms with van der Waals surface area (Å²) in [6.45, 7) is 0. The highest BCUT2D eigenvalue weighted by atomic mass is 19.4. The summed E-state index contributed by atoms with van der Waals surface area (Å²) in [6, 6.07) is 10.5. The van der Waals surface area contributed by atoms with Gasteiger partial charge in [-0.1, -0.05) is 30.3 Å². The van der Waals surface area contributed by atoms with Crippen molar-refractivity contribution in [2.75, 3.05) is 0 Å². The van der Waals surface area contributed by atoms with Crippen molar-refractivity contribution < 1.29 is 13.2 Å². The molecule has 0 saturated carbocycles. The van der Waals surface area contributed by atoms with Gasteiger partial charge in [0.15, 0.2) is 0 Å². The number of alkyl halides is 3. The maximum atomic E-state index is 12.9. The molecule has 0 radical (unpaired) electrons. The summed E-state index contributed by atoms with van der Waals surface area (Å²) in [5.41, 5.74) is -0.918. The van der Waals surface area contributed by atoms with Crippen LogP contribution in [0.5, 0.6) is 0 Å². The van der Waals surface area contributed by atoms with E-state index in [2.05, 4.69) is 4.98 Å². The number of halogens is 3. The third-order valence-corrected chi connectivity index (χ3v) is 2.42. The summed E-state index contributed by atoms with van der Waals surface area (Å²) in [5, 5.41) is 8.89. The lowest BCUT2D eigenvalue weighted by atomic mass is 9.98. The fourth-order valence-corrected chi connectivity index (χ4v) is 1.68. The Balaban J connectivity index is 2.76. The van der Waals surface area contributed by atoms with Crippen LogP contribution in [0.25, 0.3) is 11.1 Å². The fraction of sp³-hybridized carbons (Fsp3) is 0.0769. The summed E-state index contributed by atoms with van der Waals surface area (Å²) in [7, 11) is 0. The van der Waals surface area contributed by atoms with Crippen molar-refractivity contribution in [3.8, 4) is 17.2 Å². The lowest BCUT2D eigenvalue weighted by molar-refractivity contribution is -0.137. The monoisotopic (exact) mass is 248 g/mol. The third kappa shape index (κ3) is 2.18. The van der Waals surface area contributed by atoms with Crippen molar-refractivity contribution in [1.29, 1.82) is 5.26 Å². The molecule has 0 aliphatic heterocycles. The first-order chi connectivity index (χ1) is 8.54. The average molecular weight is 248 g/mol. The van der Waals surface area contributed by atoms with Gasteiger partial charge < -0.3 is 0 Å². The van der Waals surface area contributed by atoms with Gasteiger partial charge in [-0.3, -0.25) is 0 Å². The van der Waals surface area contributed by atoms with Gasteiger partial charge in [0.1, 0.15) is 11.8 Å². The molecule has 0 atom stereocenters. The number of hydrogen-bond donors (Lipinski definition) is 0. The first kappa shape index (κ1) is 12.1. The molecule has 0 amide bonds. The van der Waals surface area contributed by atoms with Crippen LogP contribution in [-0.2, 0) is 6.18 Å². The molecular formula is C13H7F3N2. The molecule has 2 rings (SSSR count). The Morgan fingerprint density at radius 1 is 1.06 bits per heavy atom. The fourth-order valence-electron chi connectivity index (χ4n) is 1.68. The molecule has 0 spiro atoms. The first-order valence-electron chi connectivity index (χ1n) is 5.06. The Hall–Kier alpha value is -2.35. The molecule has 90 valence electrons. The minimum Gasteiger partial charge on any atom is -0.245 e. The highest BCUT2D eigenvalue weighted by molar-refractivity contribution is 5.72. The highest BCUT2D eigenvalue weighted by Crippen LogP contribution is 2.37. The lowest BCUT2D eigenvalue weighted by Crippen LogP contribution is -2.09. The number of nitriles is 1. The number of pyridine rings is 1. The maximum Gasteiger partial charge on any atom is 0.417 e. The second-order valence-electron chi connectivity index (χ2n) is 3.56. The molecule has 0 fully saturated rings. The normalized spacial score (nSPS) is 11.0. The van der Waals surface area contributed by atoms with Gasteiger partial charge in [0.05, 0.1) is 5.56 Å². The van der Waals surface area contributed by atoms with E-state index in [1.165, 1.54) is 12.1 Å². The van der Waals surface area contributed by atoms with Crippen molar-refractivity contribution >= 4 is 0 Å². The zero-order valence-corrected chi connectivity index (χ0v) is 9.07. The van der Waals surface area contributed by atoms with Crippen LogP contribution in [0.4, 0.5) is 13.2 Å². The number of aromatic nitrogens is 1. The van der Waals surface area contributed by atoms with Gasteiger partial charge >= 0.3 is 6.18 Å². The molecule has 0 saturated heterocycles. The molecule has 2 nitrogen and oxygen atoms in total. The summed E-state index contributed by atoms with van der Waals surface area (Å²) in [6.07, 6.45) is -3.52. The van der Waals surface area contributed by atoms with Crippen molar-refractivity contribution in [3.05, 3.63) is 53.9 Å². The van der Waals surface area contributed by atoms with E-state index < -0.39 is 11.7 Å². The number of hydrogen-bond acceptors (Lipinski definition) is 2. The predicted octanol–water partition coefficient (Wildman–Crippen LogP) is 3.64. The van der Waals surface area contributed by atoms with Crippen LogP contribution in [0.3, 0.4) is 0 Å². The number of nitrogens with zero attached hydrogens (tertiary/aromatic N) is 2. The molecule has 1 aromatic heterocycles. The van der Waals surface area contributed by atoms with Gasteiger partial charge in [0, 0.05) is 11.8 Å². The van der Waals surface area contributed by atoms with E-state index in [1.807, 2.05) is 0 Å². The highest BCUT2D eigenvalue weighted by Gasteiger charge is 2.35. The van der Waals surface area contributed by atoms with Crippen LogP contribution in [0.15, 0.2) is 42.6 Å². The summed E-state index contributed by atoms with van der Waals surface area (Å²) in [4.78, 5) is 3.69. The minimum absolute atomic E-state index is 0.173. The van der Waals surface area contributed by atoms with Crippen LogP contribution in [0, 0.1) is 11.3 Å². The largest absolute Gasteiger partial charge is 0.417 e. The molecule has 1 aromatic carbocycles. The first-order valence-corrected chi connectivity index (χ1v) is 5.06. The zero-order valence-electron chi connectivity index (χ0n) is 9.07. The van der Waals surface area contributed by atoms with Gasteiger partial charge in [-0.05, 0) is 11.6 Å². The standard InChI is InChI=1S/C13H7F3N2/c14-13(15,16)10-6-7-18-11(8-17)12(10)9-4-2-1-3-5-9/h1-7H. The Kier molecular flexibility index (Phi) is 3.02. The van der Waals surface area contributed by atoms with Gasteiger partial charge in [0.2, 0.25) is 0 Å². The smallest absolute Gasteiger partial charge is 0.245 e. The van der Waals surface area contributed by atoms with Gasteiger partial charge in [0.25, 0.3) is 0 Å². The van der Waals surface area contributed by atoms with Gasteiger partial charge in [-0.25, -0.2) is 4.98 Å². The molecule has 0 bridgehead atoms. The van der Waals surface area contributed by atoms with E-state index in [9.17, 15) is 13.2 Å². The SMILES string of the molecule is N#Cc1nccc(C(F)(F)F)c1-c1ccccc1. The molecule has 0 unspecified atom stereocenters. The maximum absolute atomic E-state index is 12.9. The van der Waals surface area contributed by atoms with E-state index in [4.69, 9.17) is 5.26 Å². The summed E-state index contributed by atoms with van der Waals surface area (Å²) < 4.78 is 38.7.